The minimum absolute atomic E-state index is 0.330. The highest BCUT2D eigenvalue weighted by Gasteiger charge is 2.39. The van der Waals surface area contributed by atoms with Crippen LogP contribution in [0.15, 0.2) is 42.0 Å². The van der Waals surface area contributed by atoms with Gasteiger partial charge in [-0.25, -0.2) is 0 Å². The average molecular weight is 294 g/mol. The molecule has 6 nitrogen and oxygen atoms in total. The van der Waals surface area contributed by atoms with E-state index < -0.39 is 30.7 Å². The van der Waals surface area contributed by atoms with Gasteiger partial charge in [0.15, 0.2) is 6.10 Å². The first-order valence-corrected chi connectivity index (χ1v) is 6.54. The van der Waals surface area contributed by atoms with E-state index in [0.717, 1.165) is 5.56 Å². The first kappa shape index (κ1) is 15.4. The van der Waals surface area contributed by atoms with Crippen molar-refractivity contribution >= 4 is 6.08 Å². The molecule has 21 heavy (non-hydrogen) atoms. The lowest BCUT2D eigenvalue weighted by atomic mass is 10.0. The maximum Gasteiger partial charge on any atom is 0.327 e. The van der Waals surface area contributed by atoms with Crippen LogP contribution in [0.1, 0.15) is 12.5 Å². The lowest BCUT2D eigenvalue weighted by Gasteiger charge is -2.31. The third-order valence-corrected chi connectivity index (χ3v) is 3.10. The largest absolute Gasteiger partial charge is 0.504 e. The van der Waals surface area contributed by atoms with Crippen LogP contribution in [0, 0.1) is 0 Å². The first-order chi connectivity index (χ1) is 10.1. The zero-order valence-electron chi connectivity index (χ0n) is 11.5. The zero-order chi connectivity index (χ0) is 15.4. The van der Waals surface area contributed by atoms with Gasteiger partial charge in [0, 0.05) is 5.56 Å². The summed E-state index contributed by atoms with van der Waals surface area (Å²) in [5, 5.41) is 38.3. The molecular weight excluding hydrogens is 276 g/mol. The molecule has 0 aromatic heterocycles. The van der Waals surface area contributed by atoms with Crippen molar-refractivity contribution in [2.45, 2.75) is 25.2 Å². The number of hydrogen-bond donors (Lipinski definition) is 4. The summed E-state index contributed by atoms with van der Waals surface area (Å²) in [6, 6.07) is 7.06. The van der Waals surface area contributed by atoms with Gasteiger partial charge in [-0.05, 0) is 13.0 Å². The number of rotatable bonds is 4. The third-order valence-electron chi connectivity index (χ3n) is 3.10. The summed E-state index contributed by atoms with van der Waals surface area (Å²) in [5.74, 6) is -0.524. The number of hydrogen-bond acceptors (Lipinski definition) is 6. The Morgan fingerprint density at radius 1 is 1.29 bits per heavy atom. The Balaban J connectivity index is 2.30. The molecule has 3 atom stereocenters. The highest BCUT2D eigenvalue weighted by Crippen LogP contribution is 2.28. The molecule has 0 fully saturated rings. The molecule has 6 heteroatoms. The lowest BCUT2D eigenvalue weighted by molar-refractivity contribution is -0.133. The fraction of sp³-hybridized carbons (Fsp3) is 0.333. The van der Waals surface area contributed by atoms with E-state index >= 15 is 0 Å². The Bertz CT molecular complexity index is 551. The van der Waals surface area contributed by atoms with Gasteiger partial charge in [0.05, 0.1) is 6.61 Å². The van der Waals surface area contributed by atoms with Gasteiger partial charge in [-0.3, -0.25) is 0 Å². The fourth-order valence-electron chi connectivity index (χ4n) is 1.97. The summed E-state index contributed by atoms with van der Waals surface area (Å²) in [6.45, 7) is 1.33. The van der Waals surface area contributed by atoms with Crippen LogP contribution in [0.25, 0.3) is 6.08 Å². The van der Waals surface area contributed by atoms with Crippen molar-refractivity contribution in [1.29, 1.82) is 0 Å². The van der Waals surface area contributed by atoms with Crippen molar-refractivity contribution in [3.63, 3.8) is 0 Å². The molecule has 2 rings (SSSR count). The van der Waals surface area contributed by atoms with E-state index in [-0.39, 0.29) is 5.95 Å². The molecule has 0 bridgehead atoms. The van der Waals surface area contributed by atoms with Crippen LogP contribution >= 0.6 is 0 Å². The molecule has 0 radical (unpaired) electrons. The van der Waals surface area contributed by atoms with E-state index in [0.29, 0.717) is 5.75 Å². The molecule has 0 amide bonds. The van der Waals surface area contributed by atoms with Crippen molar-refractivity contribution in [2.75, 3.05) is 6.61 Å². The van der Waals surface area contributed by atoms with Crippen molar-refractivity contribution in [3.8, 4) is 5.75 Å². The molecule has 0 aliphatic carbocycles. The van der Waals surface area contributed by atoms with E-state index in [4.69, 9.17) is 14.6 Å². The third kappa shape index (κ3) is 3.18. The second-order valence-electron chi connectivity index (χ2n) is 4.59. The highest BCUT2D eigenvalue weighted by atomic mass is 16.7. The van der Waals surface area contributed by atoms with Gasteiger partial charge in [-0.15, -0.1) is 0 Å². The van der Waals surface area contributed by atoms with Gasteiger partial charge in [0.1, 0.15) is 18.0 Å². The maximum atomic E-state index is 9.82. The lowest BCUT2D eigenvalue weighted by Crippen LogP contribution is -2.47. The normalized spacial score (nSPS) is 26.0. The Labute approximate surface area is 122 Å². The fourth-order valence-corrected chi connectivity index (χ4v) is 1.97. The molecule has 1 aromatic carbocycles. The average Bonchev–Trinajstić information content (AvgIpc) is 2.50. The predicted octanol–water partition coefficient (Wildman–Crippen LogP) is 0.938. The van der Waals surface area contributed by atoms with E-state index in [2.05, 4.69) is 0 Å². The minimum Gasteiger partial charge on any atom is -0.504 e. The number of benzene rings is 1. The molecule has 0 spiro atoms. The SMILES string of the molecule is CC=Cc1ccccc1OC1=C(O)[C@@H](O)[C@H](O)[C@@H](CO)O1. The Morgan fingerprint density at radius 2 is 2.00 bits per heavy atom. The smallest absolute Gasteiger partial charge is 0.327 e. The predicted molar refractivity (Wildman–Crippen MR) is 75.4 cm³/mol. The number of allylic oxidation sites excluding steroid dienone is 1. The van der Waals surface area contributed by atoms with E-state index in [1.165, 1.54) is 0 Å². The zero-order valence-corrected chi connectivity index (χ0v) is 11.5. The molecular formula is C15H18O6. The molecule has 1 heterocycles. The summed E-state index contributed by atoms with van der Waals surface area (Å²) in [7, 11) is 0. The maximum absolute atomic E-state index is 9.82. The van der Waals surface area contributed by atoms with Gasteiger partial charge in [-0.1, -0.05) is 30.4 Å². The number of aliphatic hydroxyl groups excluding tert-OH is 4. The van der Waals surface area contributed by atoms with Crippen LogP contribution < -0.4 is 4.74 Å². The van der Waals surface area contributed by atoms with Gasteiger partial charge in [0.2, 0.25) is 5.76 Å². The Hall–Kier alpha value is -2.02. The Kier molecular flexibility index (Phi) is 4.85. The summed E-state index contributed by atoms with van der Waals surface area (Å²) in [5.41, 5.74) is 0.755. The van der Waals surface area contributed by atoms with Crippen molar-refractivity contribution in [2.24, 2.45) is 0 Å². The topological polar surface area (TPSA) is 99.4 Å². The van der Waals surface area contributed by atoms with E-state index in [9.17, 15) is 15.3 Å². The summed E-state index contributed by atoms with van der Waals surface area (Å²) in [4.78, 5) is 0. The molecule has 1 aromatic rings. The summed E-state index contributed by atoms with van der Waals surface area (Å²) < 4.78 is 10.7. The molecule has 114 valence electrons. The Morgan fingerprint density at radius 3 is 2.67 bits per heavy atom. The van der Waals surface area contributed by atoms with Crippen LogP contribution in [0.2, 0.25) is 0 Å². The van der Waals surface area contributed by atoms with Crippen LogP contribution in [0.4, 0.5) is 0 Å². The number of para-hydroxylation sites is 1. The second-order valence-corrected chi connectivity index (χ2v) is 4.59. The van der Waals surface area contributed by atoms with Crippen molar-refractivity contribution in [3.05, 3.63) is 47.6 Å². The first-order valence-electron chi connectivity index (χ1n) is 6.54. The molecule has 0 saturated carbocycles. The monoisotopic (exact) mass is 294 g/mol. The van der Waals surface area contributed by atoms with Crippen molar-refractivity contribution < 1.29 is 29.9 Å². The van der Waals surface area contributed by atoms with Crippen molar-refractivity contribution in [1.82, 2.24) is 0 Å². The van der Waals surface area contributed by atoms with E-state index in [1.54, 1.807) is 12.1 Å². The molecule has 4 N–H and O–H groups in total. The number of ether oxygens (including phenoxy) is 2. The summed E-state index contributed by atoms with van der Waals surface area (Å²) >= 11 is 0. The minimum atomic E-state index is -1.57. The van der Waals surface area contributed by atoms with Crippen LogP contribution in [-0.2, 0) is 4.74 Å². The van der Waals surface area contributed by atoms with Crippen LogP contribution in [-0.4, -0.2) is 45.3 Å². The molecule has 1 aliphatic rings. The summed E-state index contributed by atoms with van der Waals surface area (Å²) in [6.07, 6.45) is -0.426. The standard InChI is InChI=1S/C15H18O6/c1-2-5-9-6-3-4-7-10(9)20-15-14(19)13(18)12(17)11(8-16)21-15/h2-7,11-13,16-19H,8H2,1H3/t11-,12-,13+/m1/s1. The van der Waals surface area contributed by atoms with Gasteiger partial charge in [0.25, 0.3) is 0 Å². The molecule has 0 unspecified atom stereocenters. The highest BCUT2D eigenvalue weighted by molar-refractivity contribution is 5.57. The quantitative estimate of drug-likeness (QED) is 0.659. The van der Waals surface area contributed by atoms with Crippen LogP contribution in [0.5, 0.6) is 5.75 Å². The van der Waals surface area contributed by atoms with Crippen LogP contribution in [0.3, 0.4) is 0 Å². The van der Waals surface area contributed by atoms with Gasteiger partial charge in [-0.2, -0.15) is 0 Å². The van der Waals surface area contributed by atoms with E-state index in [1.807, 2.05) is 31.2 Å². The van der Waals surface area contributed by atoms with Gasteiger partial charge >= 0.3 is 5.95 Å². The van der Waals surface area contributed by atoms with Gasteiger partial charge < -0.3 is 29.9 Å². The number of aliphatic hydroxyl groups is 4. The second kappa shape index (κ2) is 6.62. The molecule has 0 saturated heterocycles. The molecule has 1 aliphatic heterocycles.